The Morgan fingerprint density at radius 1 is 1.37 bits per heavy atom. The summed E-state index contributed by atoms with van der Waals surface area (Å²) in [6, 6.07) is 7.97. The zero-order valence-electron chi connectivity index (χ0n) is 11.3. The summed E-state index contributed by atoms with van der Waals surface area (Å²) in [5, 5.41) is 0.664. The monoisotopic (exact) mass is 277 g/mol. The fourth-order valence-electron chi connectivity index (χ4n) is 2.76. The van der Waals surface area contributed by atoms with Crippen LogP contribution in [0.1, 0.15) is 30.6 Å². The highest BCUT2D eigenvalue weighted by Crippen LogP contribution is 2.38. The van der Waals surface area contributed by atoms with E-state index in [0.29, 0.717) is 11.3 Å². The summed E-state index contributed by atoms with van der Waals surface area (Å²) in [6.45, 7) is 4.91. The van der Waals surface area contributed by atoms with Gasteiger partial charge in [0, 0.05) is 29.2 Å². The predicted octanol–water partition coefficient (Wildman–Crippen LogP) is 2.80. The molecule has 3 rings (SSSR count). The molecule has 0 N–H and O–H groups in total. The number of amides is 1. The molecular formula is C15H19NO2S. The summed E-state index contributed by atoms with van der Waals surface area (Å²) in [5.74, 6) is 2.10. The van der Waals surface area contributed by atoms with E-state index in [1.807, 2.05) is 54.8 Å². The van der Waals surface area contributed by atoms with Gasteiger partial charge in [-0.3, -0.25) is 4.79 Å². The Labute approximate surface area is 118 Å². The van der Waals surface area contributed by atoms with E-state index < -0.39 is 0 Å². The van der Waals surface area contributed by atoms with Crippen LogP contribution in [0.15, 0.2) is 24.3 Å². The normalized spacial score (nSPS) is 25.1. The second-order valence-corrected chi connectivity index (χ2v) is 6.83. The Kier molecular flexibility index (Phi) is 3.44. The van der Waals surface area contributed by atoms with Gasteiger partial charge in [0.05, 0.1) is 6.10 Å². The van der Waals surface area contributed by atoms with E-state index >= 15 is 0 Å². The smallest absolute Gasteiger partial charge is 0.254 e. The van der Waals surface area contributed by atoms with Crippen LogP contribution in [-0.2, 0) is 0 Å². The van der Waals surface area contributed by atoms with E-state index in [9.17, 15) is 4.79 Å². The summed E-state index contributed by atoms with van der Waals surface area (Å²) < 4.78 is 5.60. The van der Waals surface area contributed by atoms with Gasteiger partial charge >= 0.3 is 0 Å². The van der Waals surface area contributed by atoms with E-state index in [0.717, 1.165) is 23.6 Å². The summed E-state index contributed by atoms with van der Waals surface area (Å²) in [7, 11) is 0. The van der Waals surface area contributed by atoms with Crippen molar-refractivity contribution in [2.45, 2.75) is 37.7 Å². The molecule has 2 heterocycles. The molecule has 19 heavy (non-hydrogen) atoms. The maximum absolute atomic E-state index is 12.4. The minimum atomic E-state index is 0.160. The number of hydrogen-bond acceptors (Lipinski definition) is 3. The van der Waals surface area contributed by atoms with Crippen LogP contribution in [0.25, 0.3) is 0 Å². The quantitative estimate of drug-likeness (QED) is 0.851. The van der Waals surface area contributed by atoms with Gasteiger partial charge in [-0.1, -0.05) is 0 Å². The van der Waals surface area contributed by atoms with E-state index in [1.54, 1.807) is 0 Å². The van der Waals surface area contributed by atoms with E-state index in [2.05, 4.69) is 0 Å². The van der Waals surface area contributed by atoms with Crippen molar-refractivity contribution in [2.75, 3.05) is 12.3 Å². The maximum atomic E-state index is 12.4. The molecule has 2 bridgehead atoms. The number of carbonyl (C=O) groups is 1. The zero-order chi connectivity index (χ0) is 13.4. The summed E-state index contributed by atoms with van der Waals surface area (Å²) in [6.07, 6.45) is 1.33. The number of nitrogens with zero attached hydrogens (tertiary/aromatic N) is 1. The first kappa shape index (κ1) is 12.9. The fraction of sp³-hybridized carbons (Fsp3) is 0.533. The molecule has 1 amide bonds. The van der Waals surface area contributed by atoms with E-state index in [-0.39, 0.29) is 12.0 Å². The molecule has 0 saturated carbocycles. The third-order valence-electron chi connectivity index (χ3n) is 3.63. The molecule has 3 nitrogen and oxygen atoms in total. The molecule has 2 aliphatic heterocycles. The van der Waals surface area contributed by atoms with Crippen LogP contribution in [-0.4, -0.2) is 40.5 Å². The summed E-state index contributed by atoms with van der Waals surface area (Å²) >= 11 is 2.00. The van der Waals surface area contributed by atoms with Gasteiger partial charge < -0.3 is 9.64 Å². The lowest BCUT2D eigenvalue weighted by Gasteiger charge is -2.26. The third-order valence-corrected chi connectivity index (χ3v) is 5.02. The van der Waals surface area contributed by atoms with Crippen LogP contribution >= 0.6 is 11.8 Å². The molecule has 0 spiro atoms. The second-order valence-electron chi connectivity index (χ2n) is 5.49. The minimum Gasteiger partial charge on any atom is -0.491 e. The molecule has 1 aromatic rings. The lowest BCUT2D eigenvalue weighted by Crippen LogP contribution is -2.39. The van der Waals surface area contributed by atoms with Gasteiger partial charge in [0.1, 0.15) is 5.75 Å². The van der Waals surface area contributed by atoms with Gasteiger partial charge in [-0.2, -0.15) is 11.8 Å². The van der Waals surface area contributed by atoms with Crippen LogP contribution in [0, 0.1) is 0 Å². The van der Waals surface area contributed by atoms with Crippen molar-refractivity contribution in [3.8, 4) is 5.75 Å². The topological polar surface area (TPSA) is 29.5 Å². The highest BCUT2D eigenvalue weighted by Gasteiger charge is 2.41. The molecule has 0 radical (unpaired) electrons. The number of likely N-dealkylation sites (tertiary alicyclic amines) is 1. The zero-order valence-corrected chi connectivity index (χ0v) is 12.2. The Bertz CT molecular complexity index is 472. The standard InChI is InChI=1S/C15H19NO2S/c1-10(2)18-13-5-3-11(4-6-13)15(17)16-8-14-7-12(16)9-19-14/h3-6,10,12,14H,7-9H2,1-2H3/t12-,14+/m0/s1. The molecule has 2 atom stereocenters. The van der Waals surface area contributed by atoms with Crippen LogP contribution in [0.4, 0.5) is 0 Å². The van der Waals surface area contributed by atoms with Gasteiger partial charge in [-0.05, 0) is 44.5 Å². The highest BCUT2D eigenvalue weighted by atomic mass is 32.2. The SMILES string of the molecule is CC(C)Oc1ccc(C(=O)N2C[C@H]3C[C@H]2CS3)cc1. The lowest BCUT2D eigenvalue weighted by atomic mass is 10.1. The van der Waals surface area contributed by atoms with Crippen molar-refractivity contribution in [3.63, 3.8) is 0 Å². The van der Waals surface area contributed by atoms with E-state index in [1.165, 1.54) is 6.42 Å². The van der Waals surface area contributed by atoms with Crippen molar-refractivity contribution in [2.24, 2.45) is 0 Å². The summed E-state index contributed by atoms with van der Waals surface area (Å²) in [5.41, 5.74) is 0.772. The Hall–Kier alpha value is -1.16. The fourth-order valence-corrected chi connectivity index (χ4v) is 4.20. The Morgan fingerprint density at radius 2 is 2.11 bits per heavy atom. The first-order valence-corrected chi connectivity index (χ1v) is 7.87. The molecule has 102 valence electrons. The van der Waals surface area contributed by atoms with Crippen molar-refractivity contribution >= 4 is 17.7 Å². The molecule has 4 heteroatoms. The number of rotatable bonds is 3. The van der Waals surface area contributed by atoms with Crippen LogP contribution < -0.4 is 4.74 Å². The first-order chi connectivity index (χ1) is 9.13. The average Bonchev–Trinajstić information content (AvgIpc) is 3.00. The molecular weight excluding hydrogens is 258 g/mol. The third kappa shape index (κ3) is 2.59. The average molecular weight is 277 g/mol. The van der Waals surface area contributed by atoms with Crippen molar-refractivity contribution in [3.05, 3.63) is 29.8 Å². The minimum absolute atomic E-state index is 0.160. The maximum Gasteiger partial charge on any atom is 0.254 e. The summed E-state index contributed by atoms with van der Waals surface area (Å²) in [4.78, 5) is 14.5. The van der Waals surface area contributed by atoms with Crippen molar-refractivity contribution in [1.29, 1.82) is 0 Å². The molecule has 2 saturated heterocycles. The number of hydrogen-bond donors (Lipinski definition) is 0. The number of ether oxygens (including phenoxy) is 1. The molecule has 0 aliphatic carbocycles. The molecule has 1 aromatic carbocycles. The highest BCUT2D eigenvalue weighted by molar-refractivity contribution is 8.00. The molecule has 0 unspecified atom stereocenters. The van der Waals surface area contributed by atoms with Crippen LogP contribution in [0.5, 0.6) is 5.75 Å². The van der Waals surface area contributed by atoms with Crippen LogP contribution in [0.2, 0.25) is 0 Å². The largest absolute Gasteiger partial charge is 0.491 e. The Morgan fingerprint density at radius 3 is 2.63 bits per heavy atom. The van der Waals surface area contributed by atoms with E-state index in [4.69, 9.17) is 4.74 Å². The number of thioether (sulfide) groups is 1. The van der Waals surface area contributed by atoms with Gasteiger partial charge in [0.25, 0.3) is 5.91 Å². The van der Waals surface area contributed by atoms with Crippen LogP contribution in [0.3, 0.4) is 0 Å². The van der Waals surface area contributed by atoms with Gasteiger partial charge in [-0.25, -0.2) is 0 Å². The van der Waals surface area contributed by atoms with Gasteiger partial charge in [0.2, 0.25) is 0 Å². The van der Waals surface area contributed by atoms with Crippen molar-refractivity contribution < 1.29 is 9.53 Å². The number of carbonyl (C=O) groups excluding carboxylic acids is 1. The van der Waals surface area contributed by atoms with Gasteiger partial charge in [0.15, 0.2) is 0 Å². The number of fused-ring (bicyclic) bond motifs is 2. The van der Waals surface area contributed by atoms with Gasteiger partial charge in [-0.15, -0.1) is 0 Å². The molecule has 2 fully saturated rings. The Balaban J connectivity index is 1.70. The lowest BCUT2D eigenvalue weighted by molar-refractivity contribution is 0.0747. The molecule has 0 aromatic heterocycles. The second kappa shape index (κ2) is 5.08. The number of benzene rings is 1. The van der Waals surface area contributed by atoms with Crippen molar-refractivity contribution in [1.82, 2.24) is 4.90 Å². The first-order valence-electron chi connectivity index (χ1n) is 6.83. The predicted molar refractivity (Wildman–Crippen MR) is 77.9 cm³/mol. The molecule has 2 aliphatic rings.